The van der Waals surface area contributed by atoms with Crippen molar-refractivity contribution in [3.8, 4) is 5.75 Å². The molecule has 112 valence electrons. The highest BCUT2D eigenvalue weighted by molar-refractivity contribution is 7.92. The molecule has 0 atom stereocenters. The Labute approximate surface area is 124 Å². The van der Waals surface area contributed by atoms with Gasteiger partial charge in [0.1, 0.15) is 12.4 Å². The molecule has 6 heteroatoms. The number of benzene rings is 2. The molecular weight excluding hydrogens is 290 g/mol. The third kappa shape index (κ3) is 3.96. The van der Waals surface area contributed by atoms with Gasteiger partial charge in [-0.1, -0.05) is 18.2 Å². The lowest BCUT2D eigenvalue weighted by Gasteiger charge is -2.11. The summed E-state index contributed by atoms with van der Waals surface area (Å²) >= 11 is 0. The zero-order chi connectivity index (χ0) is 15.3. The standard InChI is InChI=1S/C15H17NO4S/c1-12-4-2-3-5-15(12)16-21(18,19)14-8-6-13(7-9-14)20-11-10-17/h2-9,16-17H,10-11H2,1H3. The van der Waals surface area contributed by atoms with Crippen molar-refractivity contribution in [2.24, 2.45) is 0 Å². The lowest BCUT2D eigenvalue weighted by molar-refractivity contribution is 0.201. The van der Waals surface area contributed by atoms with Gasteiger partial charge in [0.2, 0.25) is 0 Å². The molecule has 0 saturated carbocycles. The molecule has 0 heterocycles. The molecule has 5 nitrogen and oxygen atoms in total. The van der Waals surface area contributed by atoms with Crippen LogP contribution in [-0.4, -0.2) is 26.7 Å². The van der Waals surface area contributed by atoms with E-state index in [1.807, 2.05) is 19.1 Å². The number of para-hydroxylation sites is 1. The van der Waals surface area contributed by atoms with Gasteiger partial charge in [0.15, 0.2) is 0 Å². The zero-order valence-electron chi connectivity index (χ0n) is 11.6. The monoisotopic (exact) mass is 307 g/mol. The number of aryl methyl sites for hydroxylation is 1. The Morgan fingerprint density at radius 1 is 1.10 bits per heavy atom. The first-order valence-electron chi connectivity index (χ1n) is 6.45. The molecule has 0 aromatic heterocycles. The van der Waals surface area contributed by atoms with Crippen LogP contribution in [0.4, 0.5) is 5.69 Å². The summed E-state index contributed by atoms with van der Waals surface area (Å²) in [7, 11) is -3.63. The second-order valence-corrected chi connectivity index (χ2v) is 6.15. The van der Waals surface area contributed by atoms with Gasteiger partial charge in [-0.05, 0) is 42.8 Å². The average Bonchev–Trinajstić information content (AvgIpc) is 2.48. The quantitative estimate of drug-likeness (QED) is 0.857. The van der Waals surface area contributed by atoms with Crippen LogP contribution in [0.1, 0.15) is 5.56 Å². The minimum atomic E-state index is -3.63. The Hall–Kier alpha value is -2.05. The molecule has 0 bridgehead atoms. The van der Waals surface area contributed by atoms with Gasteiger partial charge in [-0.15, -0.1) is 0 Å². The minimum Gasteiger partial charge on any atom is -0.491 e. The molecule has 0 amide bonds. The lowest BCUT2D eigenvalue weighted by Crippen LogP contribution is -2.13. The fourth-order valence-electron chi connectivity index (χ4n) is 1.77. The highest BCUT2D eigenvalue weighted by Gasteiger charge is 2.15. The van der Waals surface area contributed by atoms with Gasteiger partial charge in [0.25, 0.3) is 10.0 Å². The summed E-state index contributed by atoms with van der Waals surface area (Å²) in [6.45, 7) is 1.92. The van der Waals surface area contributed by atoms with E-state index in [-0.39, 0.29) is 18.1 Å². The van der Waals surface area contributed by atoms with E-state index in [0.29, 0.717) is 11.4 Å². The van der Waals surface area contributed by atoms with E-state index in [2.05, 4.69) is 4.72 Å². The molecule has 0 unspecified atom stereocenters. The van der Waals surface area contributed by atoms with Crippen LogP contribution in [0.2, 0.25) is 0 Å². The number of rotatable bonds is 6. The summed E-state index contributed by atoms with van der Waals surface area (Å²) in [6.07, 6.45) is 0. The van der Waals surface area contributed by atoms with Crippen LogP contribution in [0.3, 0.4) is 0 Å². The summed E-state index contributed by atoms with van der Waals surface area (Å²) in [5, 5.41) is 8.67. The van der Waals surface area contributed by atoms with Crippen molar-refractivity contribution in [2.45, 2.75) is 11.8 Å². The summed E-state index contributed by atoms with van der Waals surface area (Å²) in [4.78, 5) is 0.155. The van der Waals surface area contributed by atoms with Crippen molar-refractivity contribution < 1.29 is 18.3 Å². The van der Waals surface area contributed by atoms with Crippen LogP contribution in [0, 0.1) is 6.92 Å². The zero-order valence-corrected chi connectivity index (χ0v) is 12.4. The molecule has 2 aromatic rings. The molecule has 2 aromatic carbocycles. The topological polar surface area (TPSA) is 75.6 Å². The Morgan fingerprint density at radius 2 is 1.76 bits per heavy atom. The van der Waals surface area contributed by atoms with Crippen molar-refractivity contribution in [3.05, 3.63) is 54.1 Å². The van der Waals surface area contributed by atoms with Gasteiger partial charge in [0, 0.05) is 0 Å². The van der Waals surface area contributed by atoms with Crippen LogP contribution in [0.15, 0.2) is 53.4 Å². The van der Waals surface area contributed by atoms with Crippen LogP contribution < -0.4 is 9.46 Å². The maximum atomic E-state index is 12.3. The largest absolute Gasteiger partial charge is 0.491 e. The number of nitrogens with one attached hydrogen (secondary N) is 1. The summed E-state index contributed by atoms with van der Waals surface area (Å²) < 4.78 is 32.3. The van der Waals surface area contributed by atoms with Gasteiger partial charge in [0.05, 0.1) is 17.2 Å². The van der Waals surface area contributed by atoms with Crippen LogP contribution >= 0.6 is 0 Å². The third-order valence-corrected chi connectivity index (χ3v) is 4.26. The molecule has 2 rings (SSSR count). The fourth-order valence-corrected chi connectivity index (χ4v) is 2.90. The van der Waals surface area contributed by atoms with Crippen LogP contribution in [0.25, 0.3) is 0 Å². The third-order valence-electron chi connectivity index (χ3n) is 2.88. The minimum absolute atomic E-state index is 0.0884. The Balaban J connectivity index is 2.18. The van der Waals surface area contributed by atoms with Crippen molar-refractivity contribution in [1.82, 2.24) is 0 Å². The van der Waals surface area contributed by atoms with E-state index in [0.717, 1.165) is 5.56 Å². The Kier molecular flexibility index (Phi) is 4.82. The maximum absolute atomic E-state index is 12.3. The molecule has 21 heavy (non-hydrogen) atoms. The Bertz CT molecular complexity index is 696. The summed E-state index contributed by atoms with van der Waals surface area (Å²) in [5.74, 6) is 0.513. The van der Waals surface area contributed by atoms with Gasteiger partial charge in [-0.25, -0.2) is 8.42 Å². The molecule has 0 fully saturated rings. The number of ether oxygens (including phenoxy) is 1. The predicted octanol–water partition coefficient (Wildman–Crippen LogP) is 2.17. The maximum Gasteiger partial charge on any atom is 0.261 e. The molecule has 0 aliphatic carbocycles. The Morgan fingerprint density at radius 3 is 2.38 bits per heavy atom. The first-order chi connectivity index (χ1) is 10.0. The van der Waals surface area contributed by atoms with Crippen molar-refractivity contribution in [1.29, 1.82) is 0 Å². The first kappa shape index (κ1) is 15.3. The lowest BCUT2D eigenvalue weighted by atomic mass is 10.2. The number of aliphatic hydroxyl groups excluding tert-OH is 1. The van der Waals surface area contributed by atoms with Gasteiger partial charge in [-0.2, -0.15) is 0 Å². The number of anilines is 1. The summed E-state index contributed by atoms with van der Waals surface area (Å²) in [6, 6.07) is 13.2. The number of hydrogen-bond donors (Lipinski definition) is 2. The normalized spacial score (nSPS) is 11.1. The molecule has 2 N–H and O–H groups in total. The van der Waals surface area contributed by atoms with E-state index >= 15 is 0 Å². The molecule has 0 radical (unpaired) electrons. The van der Waals surface area contributed by atoms with Gasteiger partial charge in [-0.3, -0.25) is 4.72 Å². The fraction of sp³-hybridized carbons (Fsp3) is 0.200. The van der Waals surface area contributed by atoms with E-state index in [4.69, 9.17) is 9.84 Å². The number of sulfonamides is 1. The van der Waals surface area contributed by atoms with Crippen molar-refractivity contribution in [2.75, 3.05) is 17.9 Å². The smallest absolute Gasteiger partial charge is 0.261 e. The number of hydrogen-bond acceptors (Lipinski definition) is 4. The molecule has 0 aliphatic rings. The van der Waals surface area contributed by atoms with Crippen LogP contribution in [0.5, 0.6) is 5.75 Å². The van der Waals surface area contributed by atoms with Gasteiger partial charge < -0.3 is 9.84 Å². The second kappa shape index (κ2) is 6.60. The molecule has 0 spiro atoms. The highest BCUT2D eigenvalue weighted by atomic mass is 32.2. The highest BCUT2D eigenvalue weighted by Crippen LogP contribution is 2.21. The number of aliphatic hydroxyl groups is 1. The van der Waals surface area contributed by atoms with Crippen molar-refractivity contribution >= 4 is 15.7 Å². The van der Waals surface area contributed by atoms with E-state index in [9.17, 15) is 8.42 Å². The van der Waals surface area contributed by atoms with Crippen molar-refractivity contribution in [3.63, 3.8) is 0 Å². The van der Waals surface area contributed by atoms with E-state index in [1.54, 1.807) is 24.3 Å². The SMILES string of the molecule is Cc1ccccc1NS(=O)(=O)c1ccc(OCCO)cc1. The molecular formula is C15H17NO4S. The van der Waals surface area contributed by atoms with E-state index < -0.39 is 10.0 Å². The molecule has 0 aliphatic heterocycles. The summed E-state index contributed by atoms with van der Waals surface area (Å²) in [5.41, 5.74) is 1.40. The van der Waals surface area contributed by atoms with Gasteiger partial charge >= 0.3 is 0 Å². The van der Waals surface area contributed by atoms with Crippen LogP contribution in [-0.2, 0) is 10.0 Å². The second-order valence-electron chi connectivity index (χ2n) is 4.46. The first-order valence-corrected chi connectivity index (χ1v) is 7.93. The molecule has 0 saturated heterocycles. The average molecular weight is 307 g/mol. The predicted molar refractivity (Wildman–Crippen MR) is 81.0 cm³/mol. The van der Waals surface area contributed by atoms with E-state index in [1.165, 1.54) is 12.1 Å².